The number of nitrogens with zero attached hydrogens (tertiary/aromatic N) is 1. The summed E-state index contributed by atoms with van der Waals surface area (Å²) in [5.74, 6) is 3.49. The Morgan fingerprint density at radius 2 is 2.14 bits per heavy atom. The summed E-state index contributed by atoms with van der Waals surface area (Å²) in [4.78, 5) is 0.259. The molecule has 8 heteroatoms. The largest absolute Gasteiger partial charge is 0.397 e. The van der Waals surface area contributed by atoms with Crippen LogP contribution < -0.4 is 11.1 Å². The highest BCUT2D eigenvalue weighted by Crippen LogP contribution is 2.27. The van der Waals surface area contributed by atoms with E-state index in [0.717, 1.165) is 12.3 Å². The van der Waals surface area contributed by atoms with E-state index in [0.29, 0.717) is 16.6 Å². The molecule has 1 aromatic carbocycles. The topological polar surface area (TPSA) is 75.4 Å². The van der Waals surface area contributed by atoms with Gasteiger partial charge in [0.05, 0.1) is 16.3 Å². The summed E-state index contributed by atoms with van der Waals surface area (Å²) in [5, 5.41) is 3.83. The standard InChI is InChI=1S/C13H21N3O2S3/c1-16(2)21(17,18)11-3-4-12(14)13(7-11)15-8-10-9-19-5-6-20-10/h3-4,7,10,15H,5-6,8-9,14H2,1-2H3. The lowest BCUT2D eigenvalue weighted by Crippen LogP contribution is -2.24. The first-order valence-electron chi connectivity index (χ1n) is 6.66. The number of thioether (sulfide) groups is 2. The highest BCUT2D eigenvalue weighted by atomic mass is 32.2. The molecule has 1 aliphatic heterocycles. The molecule has 0 spiro atoms. The third-order valence-electron chi connectivity index (χ3n) is 3.21. The zero-order valence-electron chi connectivity index (χ0n) is 12.2. The van der Waals surface area contributed by atoms with Gasteiger partial charge in [0.25, 0.3) is 0 Å². The molecule has 0 amide bonds. The third-order valence-corrected chi connectivity index (χ3v) is 7.86. The fourth-order valence-electron chi connectivity index (χ4n) is 1.94. The number of sulfonamides is 1. The Morgan fingerprint density at radius 1 is 1.38 bits per heavy atom. The summed E-state index contributed by atoms with van der Waals surface area (Å²) >= 11 is 3.91. The lowest BCUT2D eigenvalue weighted by molar-refractivity contribution is 0.521. The second-order valence-corrected chi connectivity index (χ2v) is 9.70. The first kappa shape index (κ1) is 16.8. The Hall–Kier alpha value is -0.570. The van der Waals surface area contributed by atoms with Crippen LogP contribution in [0.15, 0.2) is 23.1 Å². The Kier molecular flexibility index (Phi) is 5.70. The normalized spacial score (nSPS) is 19.7. The van der Waals surface area contributed by atoms with E-state index in [9.17, 15) is 8.42 Å². The summed E-state index contributed by atoms with van der Waals surface area (Å²) in [6.07, 6.45) is 0. The van der Waals surface area contributed by atoms with Crippen LogP contribution in [0.4, 0.5) is 11.4 Å². The molecule has 0 radical (unpaired) electrons. The molecule has 2 rings (SSSR count). The predicted molar refractivity (Wildman–Crippen MR) is 93.8 cm³/mol. The number of rotatable bonds is 5. The van der Waals surface area contributed by atoms with Gasteiger partial charge in [0.15, 0.2) is 0 Å². The first-order chi connectivity index (χ1) is 9.91. The van der Waals surface area contributed by atoms with Crippen LogP contribution in [0, 0.1) is 0 Å². The zero-order valence-corrected chi connectivity index (χ0v) is 14.7. The van der Waals surface area contributed by atoms with Crippen LogP contribution in [0.5, 0.6) is 0 Å². The van der Waals surface area contributed by atoms with E-state index in [-0.39, 0.29) is 4.90 Å². The number of anilines is 2. The average Bonchev–Trinajstić information content (AvgIpc) is 2.47. The number of nitrogens with one attached hydrogen (secondary N) is 1. The summed E-state index contributed by atoms with van der Waals surface area (Å²) in [6, 6.07) is 4.80. The molecule has 1 atom stereocenters. The van der Waals surface area contributed by atoms with Crippen molar-refractivity contribution in [3.05, 3.63) is 18.2 Å². The molecule has 1 saturated heterocycles. The van der Waals surface area contributed by atoms with E-state index >= 15 is 0 Å². The van der Waals surface area contributed by atoms with Gasteiger partial charge in [-0.3, -0.25) is 0 Å². The van der Waals surface area contributed by atoms with E-state index in [1.54, 1.807) is 18.2 Å². The molecular weight excluding hydrogens is 326 g/mol. The quantitative estimate of drug-likeness (QED) is 0.791. The van der Waals surface area contributed by atoms with Crippen molar-refractivity contribution in [2.24, 2.45) is 0 Å². The molecule has 3 N–H and O–H groups in total. The molecular formula is C13H21N3O2S3. The molecule has 1 aromatic rings. The van der Waals surface area contributed by atoms with E-state index in [2.05, 4.69) is 5.32 Å². The summed E-state index contributed by atoms with van der Waals surface area (Å²) in [7, 11) is -0.386. The summed E-state index contributed by atoms with van der Waals surface area (Å²) < 4.78 is 25.5. The smallest absolute Gasteiger partial charge is 0.242 e. The molecule has 1 heterocycles. The molecule has 5 nitrogen and oxygen atoms in total. The highest BCUT2D eigenvalue weighted by molar-refractivity contribution is 8.06. The zero-order chi connectivity index (χ0) is 15.5. The lowest BCUT2D eigenvalue weighted by atomic mass is 10.2. The number of nitrogen functional groups attached to an aromatic ring is 1. The van der Waals surface area contributed by atoms with E-state index in [1.165, 1.54) is 29.9 Å². The maximum atomic E-state index is 12.2. The number of nitrogens with two attached hydrogens (primary N) is 1. The van der Waals surface area contributed by atoms with Crippen molar-refractivity contribution < 1.29 is 8.42 Å². The molecule has 0 saturated carbocycles. The van der Waals surface area contributed by atoms with Gasteiger partial charge < -0.3 is 11.1 Å². The Morgan fingerprint density at radius 3 is 2.76 bits per heavy atom. The maximum Gasteiger partial charge on any atom is 0.242 e. The summed E-state index contributed by atoms with van der Waals surface area (Å²) in [5.41, 5.74) is 7.20. The first-order valence-corrected chi connectivity index (χ1v) is 10.3. The minimum atomic E-state index is -3.43. The van der Waals surface area contributed by atoms with E-state index in [4.69, 9.17) is 5.73 Å². The number of hydrogen-bond acceptors (Lipinski definition) is 6. The minimum absolute atomic E-state index is 0.259. The van der Waals surface area contributed by atoms with Gasteiger partial charge in [-0.05, 0) is 18.2 Å². The van der Waals surface area contributed by atoms with Crippen molar-refractivity contribution in [2.75, 3.05) is 48.9 Å². The fourth-order valence-corrected chi connectivity index (χ4v) is 5.48. The predicted octanol–water partition coefficient (Wildman–Crippen LogP) is 1.78. The van der Waals surface area contributed by atoms with Crippen LogP contribution >= 0.6 is 23.5 Å². The van der Waals surface area contributed by atoms with Crippen LogP contribution in [-0.4, -0.2) is 55.9 Å². The van der Waals surface area contributed by atoms with Crippen molar-refractivity contribution in [3.63, 3.8) is 0 Å². The van der Waals surface area contributed by atoms with E-state index in [1.807, 2.05) is 23.5 Å². The van der Waals surface area contributed by atoms with Crippen molar-refractivity contribution in [2.45, 2.75) is 10.1 Å². The van der Waals surface area contributed by atoms with Gasteiger partial charge >= 0.3 is 0 Å². The molecule has 0 aromatic heterocycles. The van der Waals surface area contributed by atoms with Crippen molar-refractivity contribution in [1.29, 1.82) is 0 Å². The van der Waals surface area contributed by atoms with Crippen LogP contribution in [0.25, 0.3) is 0 Å². The van der Waals surface area contributed by atoms with Crippen LogP contribution in [0.1, 0.15) is 0 Å². The molecule has 1 unspecified atom stereocenters. The van der Waals surface area contributed by atoms with Gasteiger partial charge in [0.2, 0.25) is 10.0 Å². The van der Waals surface area contributed by atoms with Crippen LogP contribution in [0.3, 0.4) is 0 Å². The minimum Gasteiger partial charge on any atom is -0.397 e. The fraction of sp³-hybridized carbons (Fsp3) is 0.538. The number of hydrogen-bond donors (Lipinski definition) is 2. The average molecular weight is 348 g/mol. The van der Waals surface area contributed by atoms with Crippen LogP contribution in [-0.2, 0) is 10.0 Å². The third kappa shape index (κ3) is 4.21. The Labute approximate surface area is 135 Å². The van der Waals surface area contributed by atoms with Crippen molar-refractivity contribution in [3.8, 4) is 0 Å². The van der Waals surface area contributed by atoms with Gasteiger partial charge in [-0.25, -0.2) is 12.7 Å². The van der Waals surface area contributed by atoms with Gasteiger partial charge in [0.1, 0.15) is 0 Å². The van der Waals surface area contributed by atoms with Gasteiger partial charge in [-0.2, -0.15) is 23.5 Å². The van der Waals surface area contributed by atoms with Gasteiger partial charge in [0, 0.05) is 43.1 Å². The molecule has 1 fully saturated rings. The number of benzene rings is 1. The van der Waals surface area contributed by atoms with E-state index < -0.39 is 10.0 Å². The molecule has 0 bridgehead atoms. The van der Waals surface area contributed by atoms with Crippen molar-refractivity contribution in [1.82, 2.24) is 4.31 Å². The Bertz CT molecular complexity index is 584. The Balaban J connectivity index is 2.12. The molecule has 1 aliphatic rings. The SMILES string of the molecule is CN(C)S(=O)(=O)c1ccc(N)c(NCC2CSCCS2)c1. The molecule has 21 heavy (non-hydrogen) atoms. The van der Waals surface area contributed by atoms with Crippen molar-refractivity contribution >= 4 is 44.9 Å². The molecule has 118 valence electrons. The van der Waals surface area contributed by atoms with Gasteiger partial charge in [-0.1, -0.05) is 0 Å². The maximum absolute atomic E-state index is 12.2. The molecule has 0 aliphatic carbocycles. The lowest BCUT2D eigenvalue weighted by Gasteiger charge is -2.22. The van der Waals surface area contributed by atoms with Gasteiger partial charge in [-0.15, -0.1) is 0 Å². The second-order valence-electron chi connectivity index (χ2n) is 4.99. The monoisotopic (exact) mass is 347 g/mol. The summed E-state index contributed by atoms with van der Waals surface area (Å²) in [6.45, 7) is 0.799. The van der Waals surface area contributed by atoms with Crippen LogP contribution in [0.2, 0.25) is 0 Å². The highest BCUT2D eigenvalue weighted by Gasteiger charge is 2.19. The second kappa shape index (κ2) is 7.13.